The molecule has 2 rings (SSSR count). The maximum atomic E-state index is 9.27. The molecule has 0 aliphatic carbocycles. The van der Waals surface area contributed by atoms with E-state index in [9.17, 15) is 5.11 Å². The van der Waals surface area contributed by atoms with Crippen LogP contribution in [0.3, 0.4) is 0 Å². The van der Waals surface area contributed by atoms with Crippen molar-refractivity contribution in [3.63, 3.8) is 0 Å². The van der Waals surface area contributed by atoms with Crippen molar-refractivity contribution in [2.75, 3.05) is 39.3 Å². The molecule has 0 aromatic carbocycles. The molecule has 16 heavy (non-hydrogen) atoms. The summed E-state index contributed by atoms with van der Waals surface area (Å²) in [6, 6.07) is 0.893. The van der Waals surface area contributed by atoms with E-state index in [1.165, 1.54) is 58.4 Å². The zero-order valence-corrected chi connectivity index (χ0v) is 10.7. The standard InChI is InChI=1S/C13H26N2O/c1-2-14-8-5-13(6-9-14)15-7-3-4-12(10-15)11-16/h12-13,16H,2-11H2,1H3/p+2/t12-/m0/s1. The summed E-state index contributed by atoms with van der Waals surface area (Å²) in [4.78, 5) is 3.58. The van der Waals surface area contributed by atoms with Crippen LogP contribution in [0.25, 0.3) is 0 Å². The molecule has 0 spiro atoms. The second-order valence-corrected chi connectivity index (χ2v) is 5.68. The maximum Gasteiger partial charge on any atom is 0.0983 e. The van der Waals surface area contributed by atoms with Gasteiger partial charge in [0.25, 0.3) is 0 Å². The minimum atomic E-state index is 0.405. The SMILES string of the molecule is CC[NH+]1CCC([NH+]2CCC[C@H](CO)C2)CC1. The van der Waals surface area contributed by atoms with E-state index in [1.54, 1.807) is 9.80 Å². The molecule has 2 aliphatic rings. The minimum Gasteiger partial charge on any atom is -0.396 e. The highest BCUT2D eigenvalue weighted by Crippen LogP contribution is 2.08. The van der Waals surface area contributed by atoms with Crippen LogP contribution >= 0.6 is 0 Å². The van der Waals surface area contributed by atoms with Gasteiger partial charge in [0.1, 0.15) is 0 Å². The van der Waals surface area contributed by atoms with Gasteiger partial charge in [-0.05, 0) is 19.8 Å². The average Bonchev–Trinajstić information content (AvgIpc) is 2.39. The van der Waals surface area contributed by atoms with Gasteiger partial charge >= 0.3 is 0 Å². The van der Waals surface area contributed by atoms with Crippen molar-refractivity contribution < 1.29 is 14.9 Å². The van der Waals surface area contributed by atoms with Crippen LogP contribution in [-0.4, -0.2) is 50.5 Å². The van der Waals surface area contributed by atoms with Crippen molar-refractivity contribution >= 4 is 0 Å². The van der Waals surface area contributed by atoms with Crippen molar-refractivity contribution in [3.05, 3.63) is 0 Å². The van der Waals surface area contributed by atoms with Crippen molar-refractivity contribution in [1.29, 1.82) is 0 Å². The smallest absolute Gasteiger partial charge is 0.0983 e. The van der Waals surface area contributed by atoms with Gasteiger partial charge in [-0.1, -0.05) is 0 Å². The average molecular weight is 228 g/mol. The van der Waals surface area contributed by atoms with Gasteiger partial charge in [0, 0.05) is 18.8 Å². The van der Waals surface area contributed by atoms with Crippen molar-refractivity contribution in [1.82, 2.24) is 0 Å². The zero-order valence-electron chi connectivity index (χ0n) is 10.7. The van der Waals surface area contributed by atoms with E-state index in [0.29, 0.717) is 12.5 Å². The summed E-state index contributed by atoms with van der Waals surface area (Å²) in [6.45, 7) is 9.31. The number of quaternary nitrogens is 2. The second kappa shape index (κ2) is 5.99. The number of aliphatic hydroxyl groups excluding tert-OH is 1. The number of rotatable bonds is 3. The lowest BCUT2D eigenvalue weighted by Gasteiger charge is -2.38. The highest BCUT2D eigenvalue weighted by molar-refractivity contribution is 4.65. The van der Waals surface area contributed by atoms with Crippen molar-refractivity contribution in [2.45, 2.75) is 38.6 Å². The Bertz CT molecular complexity index is 202. The fraction of sp³-hybridized carbons (Fsp3) is 1.00. The molecule has 2 atom stereocenters. The van der Waals surface area contributed by atoms with Crippen molar-refractivity contribution in [2.24, 2.45) is 5.92 Å². The molecule has 2 saturated heterocycles. The summed E-state index contributed by atoms with van der Waals surface area (Å²) in [5.41, 5.74) is 0. The number of hydrogen-bond acceptors (Lipinski definition) is 1. The molecule has 0 aromatic heterocycles. The van der Waals surface area contributed by atoms with Gasteiger partial charge < -0.3 is 14.9 Å². The molecule has 94 valence electrons. The van der Waals surface area contributed by atoms with Gasteiger partial charge in [-0.2, -0.15) is 0 Å². The fourth-order valence-electron chi connectivity index (χ4n) is 3.51. The lowest BCUT2D eigenvalue weighted by Crippen LogP contribution is -3.21. The van der Waals surface area contributed by atoms with Crippen LogP contribution in [-0.2, 0) is 0 Å². The Morgan fingerprint density at radius 1 is 1.12 bits per heavy atom. The number of piperidine rings is 2. The molecule has 3 nitrogen and oxygen atoms in total. The summed E-state index contributed by atoms with van der Waals surface area (Å²) >= 11 is 0. The third-order valence-corrected chi connectivity index (χ3v) is 4.69. The number of nitrogens with one attached hydrogen (secondary N) is 2. The Kier molecular flexibility index (Phi) is 4.62. The molecular formula is C13H28N2O+2. The van der Waals surface area contributed by atoms with E-state index >= 15 is 0 Å². The lowest BCUT2D eigenvalue weighted by atomic mass is 9.94. The van der Waals surface area contributed by atoms with E-state index in [1.807, 2.05) is 0 Å². The predicted molar refractivity (Wildman–Crippen MR) is 64.8 cm³/mol. The number of likely N-dealkylation sites (tertiary alicyclic amines) is 2. The van der Waals surface area contributed by atoms with Crippen molar-refractivity contribution in [3.8, 4) is 0 Å². The largest absolute Gasteiger partial charge is 0.396 e. The predicted octanol–water partition coefficient (Wildman–Crippen LogP) is -1.66. The summed E-state index contributed by atoms with van der Waals surface area (Å²) < 4.78 is 0. The van der Waals surface area contributed by atoms with Gasteiger partial charge in [0.2, 0.25) is 0 Å². The van der Waals surface area contributed by atoms with Crippen LogP contribution in [0, 0.1) is 5.92 Å². The molecule has 0 amide bonds. The fourth-order valence-corrected chi connectivity index (χ4v) is 3.51. The van der Waals surface area contributed by atoms with E-state index in [-0.39, 0.29) is 0 Å². The Morgan fingerprint density at radius 2 is 1.88 bits per heavy atom. The van der Waals surface area contributed by atoms with Crippen LogP contribution in [0.2, 0.25) is 0 Å². The molecule has 0 aromatic rings. The van der Waals surface area contributed by atoms with E-state index in [2.05, 4.69) is 6.92 Å². The first kappa shape index (κ1) is 12.3. The zero-order chi connectivity index (χ0) is 11.4. The Morgan fingerprint density at radius 3 is 2.50 bits per heavy atom. The van der Waals surface area contributed by atoms with Crippen LogP contribution in [0.4, 0.5) is 0 Å². The first-order valence-electron chi connectivity index (χ1n) is 7.12. The molecule has 3 N–H and O–H groups in total. The molecule has 0 saturated carbocycles. The Labute approximate surface area is 99.4 Å². The van der Waals surface area contributed by atoms with Crippen LogP contribution in [0.1, 0.15) is 32.6 Å². The molecule has 2 fully saturated rings. The summed E-state index contributed by atoms with van der Waals surface area (Å²) in [5, 5.41) is 9.27. The van der Waals surface area contributed by atoms with Gasteiger partial charge in [0.05, 0.1) is 45.4 Å². The summed E-state index contributed by atoms with van der Waals surface area (Å²) in [6.07, 6.45) is 5.37. The molecule has 2 aliphatic heterocycles. The Balaban J connectivity index is 1.79. The highest BCUT2D eigenvalue weighted by Gasteiger charge is 2.32. The highest BCUT2D eigenvalue weighted by atomic mass is 16.3. The lowest BCUT2D eigenvalue weighted by molar-refractivity contribution is -0.962. The number of aliphatic hydroxyl groups is 1. The topological polar surface area (TPSA) is 29.1 Å². The van der Waals surface area contributed by atoms with E-state index in [0.717, 1.165) is 6.04 Å². The third-order valence-electron chi connectivity index (χ3n) is 4.69. The minimum absolute atomic E-state index is 0.405. The molecule has 1 unspecified atom stereocenters. The van der Waals surface area contributed by atoms with Gasteiger partial charge in [0.15, 0.2) is 0 Å². The van der Waals surface area contributed by atoms with Crippen LogP contribution in [0.15, 0.2) is 0 Å². The summed E-state index contributed by atoms with van der Waals surface area (Å²) in [7, 11) is 0. The van der Waals surface area contributed by atoms with Gasteiger partial charge in [-0.15, -0.1) is 0 Å². The second-order valence-electron chi connectivity index (χ2n) is 5.68. The summed E-state index contributed by atoms with van der Waals surface area (Å²) in [5.74, 6) is 0.584. The molecule has 0 radical (unpaired) electrons. The first-order chi connectivity index (χ1) is 7.83. The normalized spacial score (nSPS) is 40.9. The van der Waals surface area contributed by atoms with E-state index < -0.39 is 0 Å². The molecule has 2 heterocycles. The molecule has 0 bridgehead atoms. The maximum absolute atomic E-state index is 9.27. The first-order valence-corrected chi connectivity index (χ1v) is 7.12. The molecular weight excluding hydrogens is 200 g/mol. The Hall–Kier alpha value is -0.120. The van der Waals surface area contributed by atoms with Crippen LogP contribution < -0.4 is 9.80 Å². The van der Waals surface area contributed by atoms with Gasteiger partial charge in [-0.3, -0.25) is 0 Å². The van der Waals surface area contributed by atoms with Crippen LogP contribution in [0.5, 0.6) is 0 Å². The third kappa shape index (κ3) is 2.96. The molecule has 3 heteroatoms. The van der Waals surface area contributed by atoms with E-state index in [4.69, 9.17) is 0 Å². The number of hydrogen-bond donors (Lipinski definition) is 3. The quantitative estimate of drug-likeness (QED) is 0.530. The van der Waals surface area contributed by atoms with Gasteiger partial charge in [-0.25, -0.2) is 0 Å². The monoisotopic (exact) mass is 228 g/mol.